The number of piperazine rings is 1. The first-order valence-electron chi connectivity index (χ1n) is 10.9. The van der Waals surface area contributed by atoms with Crippen LogP contribution < -0.4 is 9.64 Å². The van der Waals surface area contributed by atoms with Crippen LogP contribution in [-0.4, -0.2) is 68.8 Å². The number of nitrogens with zero attached hydrogens (tertiary/aromatic N) is 4. The summed E-state index contributed by atoms with van der Waals surface area (Å²) in [6, 6.07) is 17.2. The van der Waals surface area contributed by atoms with Crippen LogP contribution in [0.3, 0.4) is 0 Å². The smallest absolute Gasteiger partial charge is 0.338 e. The fraction of sp³-hybridized carbons (Fsp3) is 0.292. The molecule has 10 heteroatoms. The van der Waals surface area contributed by atoms with Crippen LogP contribution in [0, 0.1) is 0 Å². The highest BCUT2D eigenvalue weighted by atomic mass is 32.2. The Kier molecular flexibility index (Phi) is 7.09. The minimum Gasteiger partial charge on any atom is -0.496 e. The van der Waals surface area contributed by atoms with Crippen LogP contribution in [0.2, 0.25) is 0 Å². The maximum atomic E-state index is 13.1. The van der Waals surface area contributed by atoms with Gasteiger partial charge in [0.1, 0.15) is 5.75 Å². The van der Waals surface area contributed by atoms with Crippen LogP contribution >= 0.6 is 0 Å². The number of carbonyl (C=O) groups excluding carboxylic acids is 1. The molecule has 0 N–H and O–H groups in total. The lowest BCUT2D eigenvalue weighted by atomic mass is 10.1. The number of hydrogen-bond acceptors (Lipinski definition) is 8. The number of hydrogen-bond donors (Lipinski definition) is 0. The molecule has 0 bridgehead atoms. The molecule has 2 heterocycles. The van der Waals surface area contributed by atoms with Crippen LogP contribution in [0.1, 0.15) is 17.3 Å². The molecule has 0 amide bonds. The number of methoxy groups -OCH3 is 1. The lowest BCUT2D eigenvalue weighted by Crippen LogP contribution is -2.49. The Bertz CT molecular complexity index is 1240. The average molecular weight is 483 g/mol. The molecule has 1 aliphatic heterocycles. The normalized spacial score (nSPS) is 14.6. The molecule has 0 radical (unpaired) electrons. The van der Waals surface area contributed by atoms with E-state index in [1.165, 1.54) is 28.6 Å². The molecule has 178 valence electrons. The molecule has 0 spiro atoms. The Hall–Kier alpha value is -3.50. The Morgan fingerprint density at radius 1 is 0.941 bits per heavy atom. The van der Waals surface area contributed by atoms with E-state index < -0.39 is 16.0 Å². The summed E-state index contributed by atoms with van der Waals surface area (Å²) in [5.74, 6) is 0.936. The molecule has 1 fully saturated rings. The standard InChI is InChI=1S/C24H26N4O5S/c1-3-33-24(29)18-8-10-19(11-9-18)34(30,31)28-16-14-27(15-17-28)23-13-12-21(25-26-23)20-6-4-5-7-22(20)32-2/h4-13H,3,14-17H2,1-2H3. The summed E-state index contributed by atoms with van der Waals surface area (Å²) < 4.78 is 37.9. The fourth-order valence-electron chi connectivity index (χ4n) is 3.78. The lowest BCUT2D eigenvalue weighted by molar-refractivity contribution is 0.0526. The number of esters is 1. The van der Waals surface area contributed by atoms with Gasteiger partial charge < -0.3 is 14.4 Å². The molecular formula is C24H26N4O5S. The summed E-state index contributed by atoms with van der Waals surface area (Å²) in [6.07, 6.45) is 0. The van der Waals surface area contributed by atoms with Gasteiger partial charge in [-0.3, -0.25) is 0 Å². The summed E-state index contributed by atoms with van der Waals surface area (Å²) in [6.45, 7) is 3.59. The molecule has 2 aromatic carbocycles. The number of anilines is 1. The first-order chi connectivity index (χ1) is 16.4. The van der Waals surface area contributed by atoms with E-state index in [4.69, 9.17) is 9.47 Å². The van der Waals surface area contributed by atoms with Crippen molar-refractivity contribution < 1.29 is 22.7 Å². The number of rotatable bonds is 7. The Labute approximate surface area is 199 Å². The predicted octanol–water partition coefficient (Wildman–Crippen LogP) is 2.84. The first-order valence-corrected chi connectivity index (χ1v) is 12.4. The topological polar surface area (TPSA) is 102 Å². The van der Waals surface area contributed by atoms with Gasteiger partial charge in [-0.25, -0.2) is 13.2 Å². The predicted molar refractivity (Wildman–Crippen MR) is 127 cm³/mol. The Morgan fingerprint density at radius 3 is 2.26 bits per heavy atom. The zero-order valence-electron chi connectivity index (χ0n) is 19.0. The van der Waals surface area contributed by atoms with E-state index in [0.29, 0.717) is 43.3 Å². The van der Waals surface area contributed by atoms with Crippen LogP contribution in [0.15, 0.2) is 65.6 Å². The van der Waals surface area contributed by atoms with Gasteiger partial charge in [-0.05, 0) is 55.5 Å². The molecule has 3 aromatic rings. The van der Waals surface area contributed by atoms with E-state index >= 15 is 0 Å². The number of aromatic nitrogens is 2. The highest BCUT2D eigenvalue weighted by molar-refractivity contribution is 7.89. The Balaban J connectivity index is 1.41. The highest BCUT2D eigenvalue weighted by Gasteiger charge is 2.29. The fourth-order valence-corrected chi connectivity index (χ4v) is 5.20. The number of carbonyl (C=O) groups is 1. The quantitative estimate of drug-likeness (QED) is 0.474. The summed E-state index contributed by atoms with van der Waals surface area (Å²) in [4.78, 5) is 14.0. The minimum atomic E-state index is -3.67. The van der Waals surface area contributed by atoms with Gasteiger partial charge in [0.25, 0.3) is 0 Å². The molecule has 0 aliphatic carbocycles. The first kappa shape index (κ1) is 23.7. The van der Waals surface area contributed by atoms with Crippen molar-refractivity contribution in [3.63, 3.8) is 0 Å². The molecule has 0 unspecified atom stereocenters. The van der Waals surface area contributed by atoms with Gasteiger partial charge in [-0.15, -0.1) is 10.2 Å². The number of ether oxygens (including phenoxy) is 2. The molecule has 4 rings (SSSR count). The zero-order chi connectivity index (χ0) is 24.1. The van der Waals surface area contributed by atoms with Crippen LogP contribution in [0.25, 0.3) is 11.3 Å². The summed E-state index contributed by atoms with van der Waals surface area (Å²) in [7, 11) is -2.05. The zero-order valence-corrected chi connectivity index (χ0v) is 19.9. The minimum absolute atomic E-state index is 0.148. The van der Waals surface area contributed by atoms with Gasteiger partial charge >= 0.3 is 5.97 Å². The average Bonchev–Trinajstić information content (AvgIpc) is 2.89. The molecule has 9 nitrogen and oxygen atoms in total. The molecule has 0 atom stereocenters. The molecule has 1 aliphatic rings. The molecule has 1 saturated heterocycles. The van der Waals surface area contributed by atoms with Crippen molar-refractivity contribution in [2.75, 3.05) is 44.8 Å². The number of para-hydroxylation sites is 1. The van der Waals surface area contributed by atoms with E-state index in [2.05, 4.69) is 10.2 Å². The third-order valence-electron chi connectivity index (χ3n) is 5.60. The van der Waals surface area contributed by atoms with Crippen molar-refractivity contribution in [2.24, 2.45) is 0 Å². The van der Waals surface area contributed by atoms with E-state index in [1.807, 2.05) is 41.3 Å². The highest BCUT2D eigenvalue weighted by Crippen LogP contribution is 2.28. The molecule has 1 aromatic heterocycles. The van der Waals surface area contributed by atoms with Crippen LogP contribution in [0.4, 0.5) is 5.82 Å². The van der Waals surface area contributed by atoms with E-state index in [0.717, 1.165) is 11.3 Å². The summed E-state index contributed by atoms with van der Waals surface area (Å²) in [5.41, 5.74) is 1.88. The second-order valence-electron chi connectivity index (χ2n) is 7.61. The van der Waals surface area contributed by atoms with Crippen molar-refractivity contribution in [3.8, 4) is 17.0 Å². The van der Waals surface area contributed by atoms with Crippen LogP contribution in [-0.2, 0) is 14.8 Å². The number of sulfonamides is 1. The maximum Gasteiger partial charge on any atom is 0.338 e. The van der Waals surface area contributed by atoms with Crippen molar-refractivity contribution in [3.05, 3.63) is 66.2 Å². The SMILES string of the molecule is CCOC(=O)c1ccc(S(=O)(=O)N2CCN(c3ccc(-c4ccccc4OC)nn3)CC2)cc1. The van der Waals surface area contributed by atoms with Gasteiger partial charge in [0, 0.05) is 31.7 Å². The maximum absolute atomic E-state index is 13.1. The summed E-state index contributed by atoms with van der Waals surface area (Å²) in [5, 5.41) is 8.69. The Morgan fingerprint density at radius 2 is 1.65 bits per heavy atom. The van der Waals surface area contributed by atoms with E-state index in [-0.39, 0.29) is 11.5 Å². The van der Waals surface area contributed by atoms with Crippen molar-refractivity contribution >= 4 is 21.8 Å². The van der Waals surface area contributed by atoms with Gasteiger partial charge in [0.05, 0.1) is 29.9 Å². The van der Waals surface area contributed by atoms with Gasteiger partial charge in [-0.2, -0.15) is 4.31 Å². The monoisotopic (exact) mass is 482 g/mol. The molecule has 34 heavy (non-hydrogen) atoms. The second-order valence-corrected chi connectivity index (χ2v) is 9.55. The second kappa shape index (κ2) is 10.2. The third kappa shape index (κ3) is 4.87. The van der Waals surface area contributed by atoms with Gasteiger partial charge in [0.2, 0.25) is 10.0 Å². The largest absolute Gasteiger partial charge is 0.496 e. The van der Waals surface area contributed by atoms with E-state index in [1.54, 1.807) is 14.0 Å². The van der Waals surface area contributed by atoms with Crippen LogP contribution in [0.5, 0.6) is 5.75 Å². The van der Waals surface area contributed by atoms with Crippen molar-refractivity contribution in [2.45, 2.75) is 11.8 Å². The molecular weight excluding hydrogens is 456 g/mol. The van der Waals surface area contributed by atoms with E-state index in [9.17, 15) is 13.2 Å². The molecule has 0 saturated carbocycles. The lowest BCUT2D eigenvalue weighted by Gasteiger charge is -2.34. The third-order valence-corrected chi connectivity index (χ3v) is 7.51. The summed E-state index contributed by atoms with van der Waals surface area (Å²) >= 11 is 0. The van der Waals surface area contributed by atoms with Gasteiger partial charge in [0.15, 0.2) is 5.82 Å². The van der Waals surface area contributed by atoms with Crippen molar-refractivity contribution in [1.29, 1.82) is 0 Å². The van der Waals surface area contributed by atoms with Gasteiger partial charge in [-0.1, -0.05) is 12.1 Å². The van der Waals surface area contributed by atoms with Crippen molar-refractivity contribution in [1.82, 2.24) is 14.5 Å². The number of benzene rings is 2.